The minimum absolute atomic E-state index is 0.0589. The second kappa shape index (κ2) is 9.97. The summed E-state index contributed by atoms with van der Waals surface area (Å²) in [4.78, 5) is 26.0. The van der Waals surface area contributed by atoms with Crippen LogP contribution in [0.25, 0.3) is 23.5 Å². The average Bonchev–Trinajstić information content (AvgIpc) is 2.78. The molecule has 0 aliphatic carbocycles. The highest BCUT2D eigenvalue weighted by Crippen LogP contribution is 2.20. The van der Waals surface area contributed by atoms with Crippen molar-refractivity contribution < 1.29 is 19.2 Å². The van der Waals surface area contributed by atoms with Crippen LogP contribution in [0.4, 0.5) is 5.69 Å². The Kier molecular flexibility index (Phi) is 6.89. The molecule has 0 aliphatic rings. The first-order chi connectivity index (χ1) is 15.0. The first kappa shape index (κ1) is 21.4. The number of carbonyl (C=O) groups excluding carboxylic acids is 1. The molecule has 0 aliphatic heterocycles. The van der Waals surface area contributed by atoms with Gasteiger partial charge in [-0.3, -0.25) is 14.9 Å². The van der Waals surface area contributed by atoms with Crippen LogP contribution in [0.1, 0.15) is 18.2 Å². The van der Waals surface area contributed by atoms with E-state index < -0.39 is 4.92 Å². The maximum Gasteiger partial charge on any atom is 0.333 e. The van der Waals surface area contributed by atoms with Gasteiger partial charge in [0.1, 0.15) is 17.6 Å². The molecule has 3 rings (SSSR count). The lowest BCUT2D eigenvalue weighted by Gasteiger charge is -2.09. The molecule has 0 bridgehead atoms. The molecule has 0 saturated carbocycles. The molecule has 1 heterocycles. The zero-order valence-electron chi connectivity index (χ0n) is 16.7. The fourth-order valence-corrected chi connectivity index (χ4v) is 2.75. The largest absolute Gasteiger partial charge is 0.710 e. The van der Waals surface area contributed by atoms with Crippen molar-refractivity contribution in [2.24, 2.45) is 0 Å². The summed E-state index contributed by atoms with van der Waals surface area (Å²) < 4.78 is 6.03. The predicted molar refractivity (Wildman–Crippen MR) is 115 cm³/mol. The summed E-state index contributed by atoms with van der Waals surface area (Å²) >= 11 is 0. The number of nitro benzene ring substituents is 1. The Balaban J connectivity index is 1.74. The Bertz CT molecular complexity index is 1110. The summed E-state index contributed by atoms with van der Waals surface area (Å²) in [6, 6.07) is 14.4. The molecule has 0 fully saturated rings. The number of amides is 1. The molecular weight excluding hydrogens is 400 g/mol. The van der Waals surface area contributed by atoms with Crippen LogP contribution < -0.4 is 14.8 Å². The molecule has 1 amide bonds. The van der Waals surface area contributed by atoms with Crippen LogP contribution in [0.3, 0.4) is 0 Å². The van der Waals surface area contributed by atoms with Gasteiger partial charge >= 0.3 is 5.82 Å². The summed E-state index contributed by atoms with van der Waals surface area (Å²) in [6.07, 6.45) is 4.84. The van der Waals surface area contributed by atoms with Crippen molar-refractivity contribution >= 4 is 23.7 Å². The van der Waals surface area contributed by atoms with E-state index in [2.05, 4.69) is 10.3 Å². The fourth-order valence-electron chi connectivity index (χ4n) is 2.75. The van der Waals surface area contributed by atoms with Crippen molar-refractivity contribution in [3.8, 4) is 17.1 Å². The lowest BCUT2D eigenvalue weighted by atomic mass is 10.1. The van der Waals surface area contributed by atoms with Gasteiger partial charge in [-0.25, -0.2) is 4.73 Å². The van der Waals surface area contributed by atoms with E-state index in [1.807, 2.05) is 6.92 Å². The van der Waals surface area contributed by atoms with Gasteiger partial charge in [0, 0.05) is 24.7 Å². The molecule has 0 unspecified atom stereocenters. The lowest BCUT2D eigenvalue weighted by molar-refractivity contribution is -0.598. The van der Waals surface area contributed by atoms with Crippen LogP contribution in [-0.4, -0.2) is 29.0 Å². The van der Waals surface area contributed by atoms with E-state index in [4.69, 9.17) is 4.74 Å². The summed E-state index contributed by atoms with van der Waals surface area (Å²) in [5.41, 5.74) is 1.38. The smallest absolute Gasteiger partial charge is 0.333 e. The molecule has 0 radical (unpaired) electrons. The van der Waals surface area contributed by atoms with E-state index in [1.54, 1.807) is 48.6 Å². The summed E-state index contributed by atoms with van der Waals surface area (Å²) in [6.45, 7) is 2.32. The van der Waals surface area contributed by atoms with E-state index in [0.29, 0.717) is 28.3 Å². The number of nitrogens with one attached hydrogen (secondary N) is 1. The number of nitro groups is 1. The highest BCUT2D eigenvalue weighted by Gasteiger charge is 2.16. The van der Waals surface area contributed by atoms with Crippen LogP contribution in [-0.2, 0) is 4.79 Å². The third kappa shape index (κ3) is 5.63. The van der Waals surface area contributed by atoms with Gasteiger partial charge in [0.25, 0.3) is 11.6 Å². The highest BCUT2D eigenvalue weighted by molar-refractivity contribution is 5.77. The van der Waals surface area contributed by atoms with Crippen molar-refractivity contribution in [2.45, 2.75) is 6.92 Å². The standard InChI is InChI=1S/C22H20N4O5/c1-2-23-21(27)15-31-20-10-7-16(8-11-20)6-9-18-12-13-24-22(25(18)28)17-4-3-5-19(14-17)26(29)30/h3-14H,2,15H2,1H3,(H,23,27)/b9-6+. The average molecular weight is 420 g/mol. The zero-order valence-corrected chi connectivity index (χ0v) is 16.7. The van der Waals surface area contributed by atoms with E-state index in [-0.39, 0.29) is 24.0 Å². The third-order valence-electron chi connectivity index (χ3n) is 4.25. The van der Waals surface area contributed by atoms with Gasteiger partial charge < -0.3 is 15.3 Å². The van der Waals surface area contributed by atoms with Gasteiger partial charge in [-0.1, -0.05) is 24.3 Å². The summed E-state index contributed by atoms with van der Waals surface area (Å²) in [5, 5.41) is 26.3. The minimum Gasteiger partial charge on any atom is -0.710 e. The maximum atomic E-state index is 12.7. The van der Waals surface area contributed by atoms with E-state index >= 15 is 0 Å². The molecule has 3 aromatic rings. The monoisotopic (exact) mass is 420 g/mol. The normalized spacial score (nSPS) is 10.7. The summed E-state index contributed by atoms with van der Waals surface area (Å²) in [5.74, 6) is 0.433. The fraction of sp³-hybridized carbons (Fsp3) is 0.136. The number of benzene rings is 2. The first-order valence-corrected chi connectivity index (χ1v) is 9.49. The third-order valence-corrected chi connectivity index (χ3v) is 4.25. The van der Waals surface area contributed by atoms with Crippen LogP contribution in [0.2, 0.25) is 0 Å². The van der Waals surface area contributed by atoms with Crippen molar-refractivity contribution in [3.63, 3.8) is 0 Å². The first-order valence-electron chi connectivity index (χ1n) is 9.49. The topological polar surface area (TPSA) is 121 Å². The molecular formula is C22H20N4O5. The molecule has 2 aromatic carbocycles. The SMILES string of the molecule is CCNC(=O)COc1ccc(/C=C/c2ccnc(-c3cccc([N+](=O)[O-])c3)[n+]2[O-])cc1. The number of rotatable bonds is 8. The van der Waals surface area contributed by atoms with Crippen LogP contribution in [0.15, 0.2) is 60.8 Å². The van der Waals surface area contributed by atoms with E-state index in [9.17, 15) is 20.1 Å². The number of ether oxygens (including phenoxy) is 1. The van der Waals surface area contributed by atoms with Gasteiger partial charge in [0.05, 0.1) is 10.5 Å². The van der Waals surface area contributed by atoms with Gasteiger partial charge in [-0.05, 0) is 41.7 Å². The number of carbonyl (C=O) groups is 1. The van der Waals surface area contributed by atoms with Crippen molar-refractivity contribution in [1.82, 2.24) is 10.3 Å². The number of non-ortho nitro benzene ring substituents is 1. The Morgan fingerprint density at radius 3 is 2.68 bits per heavy atom. The minimum atomic E-state index is -0.522. The molecule has 1 N–H and O–H groups in total. The van der Waals surface area contributed by atoms with Crippen LogP contribution >= 0.6 is 0 Å². The Morgan fingerprint density at radius 1 is 1.19 bits per heavy atom. The molecule has 1 aromatic heterocycles. The molecule has 9 heteroatoms. The quantitative estimate of drug-likeness (QED) is 0.259. The lowest BCUT2D eigenvalue weighted by Crippen LogP contribution is -2.33. The number of hydrogen-bond acceptors (Lipinski definition) is 6. The number of likely N-dealkylation sites (N-methyl/N-ethyl adjacent to an activating group) is 1. The molecule has 9 nitrogen and oxygen atoms in total. The maximum absolute atomic E-state index is 12.7. The van der Waals surface area contributed by atoms with Crippen molar-refractivity contribution in [3.05, 3.63) is 87.4 Å². The van der Waals surface area contributed by atoms with E-state index in [0.717, 1.165) is 5.56 Å². The van der Waals surface area contributed by atoms with Crippen LogP contribution in [0.5, 0.6) is 5.75 Å². The highest BCUT2D eigenvalue weighted by atomic mass is 16.6. The Hall–Kier alpha value is -4.27. The zero-order chi connectivity index (χ0) is 22.2. The van der Waals surface area contributed by atoms with Gasteiger partial charge in [0.15, 0.2) is 6.61 Å². The molecule has 0 atom stereocenters. The van der Waals surface area contributed by atoms with Gasteiger partial charge in [-0.15, -0.1) is 0 Å². The second-order valence-corrected chi connectivity index (χ2v) is 6.44. The number of aromatic nitrogens is 2. The molecule has 158 valence electrons. The van der Waals surface area contributed by atoms with Gasteiger partial charge in [0.2, 0.25) is 0 Å². The number of nitrogens with zero attached hydrogens (tertiary/aromatic N) is 3. The van der Waals surface area contributed by atoms with Crippen molar-refractivity contribution in [1.29, 1.82) is 0 Å². The van der Waals surface area contributed by atoms with Crippen molar-refractivity contribution in [2.75, 3.05) is 13.2 Å². The van der Waals surface area contributed by atoms with Gasteiger partial charge in [-0.2, -0.15) is 0 Å². The molecule has 0 spiro atoms. The predicted octanol–water partition coefficient (Wildman–Crippen LogP) is 2.98. The van der Waals surface area contributed by atoms with E-state index in [1.165, 1.54) is 24.4 Å². The number of hydrogen-bond donors (Lipinski definition) is 1. The Morgan fingerprint density at radius 2 is 1.97 bits per heavy atom. The molecule has 31 heavy (non-hydrogen) atoms. The molecule has 0 saturated heterocycles. The van der Waals surface area contributed by atoms with Crippen LogP contribution in [0, 0.1) is 15.3 Å². The summed E-state index contributed by atoms with van der Waals surface area (Å²) in [7, 11) is 0. The Labute approximate surface area is 178 Å². The second-order valence-electron chi connectivity index (χ2n) is 6.44.